The third-order valence-electron chi connectivity index (χ3n) is 2.86. The van der Waals surface area contributed by atoms with Gasteiger partial charge in [-0.05, 0) is 47.8 Å². The number of rotatable bonds is 8. The molecule has 1 atom stereocenters. The molecule has 1 aromatic carbocycles. The Bertz CT molecular complexity index is 569. The van der Waals surface area contributed by atoms with Crippen LogP contribution in [-0.2, 0) is 14.3 Å². The van der Waals surface area contributed by atoms with Crippen molar-refractivity contribution in [2.75, 3.05) is 11.9 Å². The highest BCUT2D eigenvalue weighted by Gasteiger charge is 2.19. The molecular formula is C16H21BrFNO3S. The van der Waals surface area contributed by atoms with Crippen molar-refractivity contribution in [1.82, 2.24) is 0 Å². The summed E-state index contributed by atoms with van der Waals surface area (Å²) in [5.74, 6) is -1.07. The molecule has 0 saturated carbocycles. The summed E-state index contributed by atoms with van der Waals surface area (Å²) in [5.41, 5.74) is 0.114. The fourth-order valence-corrected chi connectivity index (χ4v) is 3.21. The van der Waals surface area contributed by atoms with E-state index in [1.807, 2.05) is 13.8 Å². The summed E-state index contributed by atoms with van der Waals surface area (Å²) in [6.07, 6.45) is 1.78. The van der Waals surface area contributed by atoms with E-state index in [-0.39, 0.29) is 17.6 Å². The maximum atomic E-state index is 13.9. The van der Waals surface area contributed by atoms with E-state index >= 15 is 0 Å². The number of hydrogen-bond donors (Lipinski definition) is 1. The van der Waals surface area contributed by atoms with Crippen molar-refractivity contribution in [2.24, 2.45) is 0 Å². The number of halogens is 2. The fourth-order valence-electron chi connectivity index (χ4n) is 1.71. The first-order valence-corrected chi connectivity index (χ1v) is 9.18. The van der Waals surface area contributed by atoms with Gasteiger partial charge in [0, 0.05) is 15.8 Å². The van der Waals surface area contributed by atoms with E-state index in [4.69, 9.17) is 4.74 Å². The van der Waals surface area contributed by atoms with Gasteiger partial charge in [-0.15, -0.1) is 11.8 Å². The zero-order chi connectivity index (χ0) is 17.4. The Morgan fingerprint density at radius 2 is 2.04 bits per heavy atom. The molecule has 7 heteroatoms. The van der Waals surface area contributed by atoms with Crippen molar-refractivity contribution in [3.05, 3.63) is 22.4 Å². The van der Waals surface area contributed by atoms with Crippen LogP contribution in [0.15, 0.2) is 21.5 Å². The van der Waals surface area contributed by atoms with Crippen molar-refractivity contribution in [3.63, 3.8) is 0 Å². The Kier molecular flexibility index (Phi) is 8.62. The minimum Gasteiger partial charge on any atom is -0.465 e. The van der Waals surface area contributed by atoms with Gasteiger partial charge in [0.2, 0.25) is 5.91 Å². The molecule has 1 unspecified atom stereocenters. The van der Waals surface area contributed by atoms with E-state index in [0.29, 0.717) is 28.8 Å². The lowest BCUT2D eigenvalue weighted by Gasteiger charge is -2.14. The predicted molar refractivity (Wildman–Crippen MR) is 94.2 cm³/mol. The van der Waals surface area contributed by atoms with E-state index < -0.39 is 11.1 Å². The molecule has 0 heterocycles. The topological polar surface area (TPSA) is 55.4 Å². The number of nitrogens with one attached hydrogen (secondary N) is 1. The number of anilines is 1. The van der Waals surface area contributed by atoms with Crippen LogP contribution in [0.3, 0.4) is 0 Å². The van der Waals surface area contributed by atoms with Crippen LogP contribution in [0.4, 0.5) is 10.1 Å². The third kappa shape index (κ3) is 6.51. The van der Waals surface area contributed by atoms with Crippen LogP contribution in [0.1, 0.15) is 40.0 Å². The van der Waals surface area contributed by atoms with Crippen LogP contribution < -0.4 is 5.32 Å². The smallest absolute Gasteiger partial charge is 0.319 e. The average Bonchev–Trinajstić information content (AvgIpc) is 2.49. The second kappa shape index (κ2) is 9.93. The van der Waals surface area contributed by atoms with Crippen LogP contribution in [0.25, 0.3) is 0 Å². The van der Waals surface area contributed by atoms with Crippen LogP contribution in [0, 0.1) is 5.82 Å². The van der Waals surface area contributed by atoms with Crippen LogP contribution >= 0.6 is 27.7 Å². The van der Waals surface area contributed by atoms with Crippen molar-refractivity contribution >= 4 is 45.3 Å². The number of ether oxygens (including phenoxy) is 1. The van der Waals surface area contributed by atoms with E-state index in [2.05, 4.69) is 21.2 Å². The van der Waals surface area contributed by atoms with Crippen LogP contribution in [-0.4, -0.2) is 23.7 Å². The number of benzene rings is 1. The number of amides is 1. The molecule has 0 radical (unpaired) electrons. The van der Waals surface area contributed by atoms with Gasteiger partial charge in [-0.1, -0.05) is 13.8 Å². The molecule has 1 N–H and O–H groups in total. The Labute approximate surface area is 148 Å². The maximum Gasteiger partial charge on any atom is 0.319 e. The second-order valence-electron chi connectivity index (χ2n) is 4.99. The standard InChI is InChI=1S/C16H21BrFNO3S/c1-4-6-15(20)19-13-9-14(11(17)8-12(13)18)23-10(3)16(21)22-7-5-2/h8-10H,4-7H2,1-3H3,(H,19,20). The fraction of sp³-hybridized carbons (Fsp3) is 0.500. The minimum atomic E-state index is -0.521. The van der Waals surface area contributed by atoms with E-state index in [0.717, 1.165) is 6.42 Å². The summed E-state index contributed by atoms with van der Waals surface area (Å²) in [7, 11) is 0. The lowest BCUT2D eigenvalue weighted by Crippen LogP contribution is -2.17. The number of esters is 1. The number of carbonyl (C=O) groups is 2. The normalized spacial score (nSPS) is 11.9. The lowest BCUT2D eigenvalue weighted by molar-refractivity contribution is -0.142. The lowest BCUT2D eigenvalue weighted by atomic mass is 10.2. The molecule has 0 spiro atoms. The first-order chi connectivity index (χ1) is 10.9. The van der Waals surface area contributed by atoms with Gasteiger partial charge in [0.25, 0.3) is 0 Å². The molecule has 0 aromatic heterocycles. The first kappa shape index (κ1) is 20.0. The van der Waals surface area contributed by atoms with Crippen molar-refractivity contribution in [3.8, 4) is 0 Å². The Balaban J connectivity index is 2.86. The molecule has 4 nitrogen and oxygen atoms in total. The molecule has 1 aromatic rings. The zero-order valence-electron chi connectivity index (χ0n) is 13.4. The highest BCUT2D eigenvalue weighted by Crippen LogP contribution is 2.35. The first-order valence-electron chi connectivity index (χ1n) is 7.51. The number of thioether (sulfide) groups is 1. The van der Waals surface area contributed by atoms with Gasteiger partial charge < -0.3 is 10.1 Å². The van der Waals surface area contributed by atoms with Gasteiger partial charge in [-0.2, -0.15) is 0 Å². The molecule has 1 amide bonds. The maximum absolute atomic E-state index is 13.9. The van der Waals surface area contributed by atoms with Crippen molar-refractivity contribution < 1.29 is 18.7 Å². The van der Waals surface area contributed by atoms with Gasteiger partial charge in [-0.3, -0.25) is 9.59 Å². The number of carbonyl (C=O) groups excluding carboxylic acids is 2. The summed E-state index contributed by atoms with van der Waals surface area (Å²) >= 11 is 4.54. The van der Waals surface area contributed by atoms with E-state index in [1.165, 1.54) is 23.9 Å². The van der Waals surface area contributed by atoms with Gasteiger partial charge >= 0.3 is 5.97 Å². The summed E-state index contributed by atoms with van der Waals surface area (Å²) in [5, 5.41) is 2.12. The molecule has 0 aliphatic heterocycles. The zero-order valence-corrected chi connectivity index (χ0v) is 15.9. The van der Waals surface area contributed by atoms with Crippen molar-refractivity contribution in [2.45, 2.75) is 50.2 Å². The SMILES string of the molecule is CCCOC(=O)C(C)Sc1cc(NC(=O)CCC)c(F)cc1Br. The van der Waals surface area contributed by atoms with E-state index in [1.54, 1.807) is 6.92 Å². The highest BCUT2D eigenvalue weighted by molar-refractivity contribution is 9.10. The molecule has 0 aliphatic carbocycles. The molecule has 0 saturated heterocycles. The summed E-state index contributed by atoms with van der Waals surface area (Å²) < 4.78 is 19.6. The van der Waals surface area contributed by atoms with Gasteiger partial charge in [0.1, 0.15) is 11.1 Å². The van der Waals surface area contributed by atoms with Gasteiger partial charge in [0.05, 0.1) is 12.3 Å². The Morgan fingerprint density at radius 1 is 1.35 bits per heavy atom. The van der Waals surface area contributed by atoms with Crippen molar-refractivity contribution in [1.29, 1.82) is 0 Å². The van der Waals surface area contributed by atoms with Gasteiger partial charge in [-0.25, -0.2) is 4.39 Å². The monoisotopic (exact) mass is 405 g/mol. The largest absolute Gasteiger partial charge is 0.465 e. The van der Waals surface area contributed by atoms with Gasteiger partial charge in [0.15, 0.2) is 0 Å². The Hall–Kier alpha value is -1.08. The van der Waals surface area contributed by atoms with E-state index in [9.17, 15) is 14.0 Å². The highest BCUT2D eigenvalue weighted by atomic mass is 79.9. The summed E-state index contributed by atoms with van der Waals surface area (Å²) in [6.45, 7) is 5.91. The molecule has 128 valence electrons. The third-order valence-corrected chi connectivity index (χ3v) is 4.91. The van der Waals surface area contributed by atoms with Crippen LogP contribution in [0.2, 0.25) is 0 Å². The second-order valence-corrected chi connectivity index (χ2v) is 7.23. The molecule has 0 fully saturated rings. The summed E-state index contributed by atoms with van der Waals surface area (Å²) in [6, 6.07) is 2.81. The minimum absolute atomic E-state index is 0.114. The number of hydrogen-bond acceptors (Lipinski definition) is 4. The molecular weight excluding hydrogens is 385 g/mol. The quantitative estimate of drug-likeness (QED) is 0.500. The Morgan fingerprint density at radius 3 is 2.65 bits per heavy atom. The molecule has 0 aliphatic rings. The molecule has 23 heavy (non-hydrogen) atoms. The average molecular weight is 406 g/mol. The summed E-state index contributed by atoms with van der Waals surface area (Å²) in [4.78, 5) is 24.1. The molecule has 1 rings (SSSR count). The van der Waals surface area contributed by atoms with Crippen LogP contribution in [0.5, 0.6) is 0 Å². The molecule has 0 bridgehead atoms. The predicted octanol–water partition coefficient (Wildman–Crippen LogP) is 4.76.